The second kappa shape index (κ2) is 39.2. The average molecular weight is 1740 g/mol. The average Bonchev–Trinajstić information content (AvgIpc) is 0.741. The molecule has 0 aliphatic carbocycles. The molecule has 0 bridgehead atoms. The van der Waals surface area contributed by atoms with E-state index in [-0.39, 0.29) is 23.0 Å². The van der Waals surface area contributed by atoms with Crippen LogP contribution in [0, 0.1) is 0 Å². The summed E-state index contributed by atoms with van der Waals surface area (Å²) >= 11 is 0. The molecule has 0 unspecified atom stereocenters. The van der Waals surface area contributed by atoms with E-state index in [9.17, 15) is 20.4 Å². The van der Waals surface area contributed by atoms with Gasteiger partial charge in [0.2, 0.25) is 23.5 Å². The molecule has 16 heteroatoms. The number of rotatable bonds is 23. The van der Waals surface area contributed by atoms with Crippen LogP contribution in [-0.2, 0) is 0 Å². The summed E-state index contributed by atoms with van der Waals surface area (Å²) in [6.45, 7) is 10.7. The molecule has 4 aromatic heterocycles. The van der Waals surface area contributed by atoms with E-state index in [2.05, 4.69) is 254 Å². The van der Waals surface area contributed by atoms with Crippen LogP contribution < -0.4 is 18.9 Å². The number of para-hydroxylation sites is 4. The van der Waals surface area contributed by atoms with Gasteiger partial charge in [0, 0.05) is 46.5 Å². The second-order valence-electron chi connectivity index (χ2n) is 33.0. The molecule has 4 heterocycles. The van der Waals surface area contributed by atoms with Crippen molar-refractivity contribution in [3.8, 4) is 137 Å². The number of aromatic hydroxyl groups is 4. The van der Waals surface area contributed by atoms with E-state index in [1.165, 1.54) is 82.9 Å². The summed E-state index contributed by atoms with van der Waals surface area (Å²) in [5.74, 6) is 4.39. The highest BCUT2D eigenvalue weighted by Gasteiger charge is 2.23. The van der Waals surface area contributed by atoms with Crippen LogP contribution in [0.2, 0.25) is 0 Å². The van der Waals surface area contributed by atoms with Crippen molar-refractivity contribution in [2.75, 3.05) is 26.4 Å². The fraction of sp³-hybridized carbons (Fsp3) is 0.128. The van der Waals surface area contributed by atoms with Crippen LogP contribution in [0.3, 0.4) is 0 Å². The van der Waals surface area contributed by atoms with Gasteiger partial charge in [0.15, 0.2) is 23.3 Å². The number of fused-ring (bicyclic) bond motifs is 9. The van der Waals surface area contributed by atoms with Crippen molar-refractivity contribution in [3.05, 3.63) is 352 Å². The monoisotopic (exact) mass is 1740 g/mol. The number of unbranched alkanes of at least 4 members (excludes halogenated alkanes) is 3. The van der Waals surface area contributed by atoms with Crippen molar-refractivity contribution in [3.63, 3.8) is 0 Å². The number of ether oxygens (including phenoxy) is 4. The molecule has 0 aliphatic heterocycles. The van der Waals surface area contributed by atoms with Crippen molar-refractivity contribution < 1.29 is 39.4 Å². The summed E-state index contributed by atoms with van der Waals surface area (Å²) in [4.78, 5) is 37.9. The van der Waals surface area contributed by atoms with Gasteiger partial charge < -0.3 is 39.4 Å². The molecule has 22 rings (SSSR count). The molecule has 16 nitrogen and oxygen atoms in total. The first-order valence-electron chi connectivity index (χ1n) is 45.5. The first-order chi connectivity index (χ1) is 65.4. The van der Waals surface area contributed by atoms with Crippen molar-refractivity contribution >= 4 is 108 Å². The van der Waals surface area contributed by atoms with Crippen LogP contribution in [0.5, 0.6) is 46.5 Å². The third kappa shape index (κ3) is 18.4. The van der Waals surface area contributed by atoms with Crippen molar-refractivity contribution in [2.24, 2.45) is 0 Å². The van der Waals surface area contributed by atoms with E-state index in [1.807, 2.05) is 97.1 Å². The molecule has 0 saturated heterocycles. The van der Waals surface area contributed by atoms with E-state index in [0.29, 0.717) is 95.5 Å². The summed E-state index contributed by atoms with van der Waals surface area (Å²) in [5, 5.41) is 65.4. The highest BCUT2D eigenvalue weighted by atomic mass is 16.5. The van der Waals surface area contributed by atoms with Crippen LogP contribution in [0.4, 0.5) is 0 Å². The fourth-order valence-electron chi connectivity index (χ4n) is 17.4. The zero-order valence-corrected chi connectivity index (χ0v) is 74.3. The Morgan fingerprint density at radius 3 is 1.09 bits per heavy atom. The Hall–Kier alpha value is -16.5. The van der Waals surface area contributed by atoms with Gasteiger partial charge in [-0.05, 0) is 212 Å². The highest BCUT2D eigenvalue weighted by molar-refractivity contribution is 6.26. The summed E-state index contributed by atoms with van der Waals surface area (Å²) in [7, 11) is 0. The number of hydrogen-bond donors (Lipinski definition) is 4. The molecule has 0 saturated carbocycles. The van der Waals surface area contributed by atoms with Gasteiger partial charge in [-0.25, -0.2) is 19.9 Å². The third-order valence-corrected chi connectivity index (χ3v) is 23.9. The first kappa shape index (κ1) is 85.9. The summed E-state index contributed by atoms with van der Waals surface area (Å²) in [6.07, 6.45) is 7.13. The molecular formula is C117H96N8O8. The predicted octanol–water partition coefficient (Wildman–Crippen LogP) is 29.4. The largest absolute Gasteiger partial charge is 0.507 e. The van der Waals surface area contributed by atoms with E-state index in [0.717, 1.165) is 115 Å². The normalized spacial score (nSPS) is 11.3. The standard InChI is InChI=1S/C32H28N2O2.C31H24N2O2.2C27H22N2O2/c1-2-3-4-7-19-36-29-20-27(33-32(34-29)26-11-5-6-12-28(26)35)24-17-15-23-14-13-21-9-8-10-22-16-18-25(24)31(23)30(21)22;1-2-17-35-30-19-28(32-31(33-30)25-13-7-8-14-29(25)34)27-18-26-21-10-4-3-9-20(21)15-16-24(26)22-11-5-6-12-23(22)27;1-2-15-31-25-17-23(28-27(29-25)22-13-7-8-14-24(22)30)26-20-11-5-3-9-18(20)16-19-10-4-6-12-21(19)26;1-2-13-31-26-17-24(28-27(29-26)23-9-5-6-10-25(23)30)21-12-11-20-14-18-7-3-4-8-19(18)15-22(20)16-21/h5-6,8-18,20,35H,2-4,7,19H2,1H3;3-16,18-19,34H,2,17H2,1H3;3-14,16-17,30H,2,15H2,1H3;3-12,14-17,30H,2,13H2,1H3. The van der Waals surface area contributed by atoms with Crippen LogP contribution in [0.25, 0.3) is 198 Å². The maximum atomic E-state index is 10.5. The number of nitrogens with zero attached hydrogens (tertiary/aromatic N) is 8. The summed E-state index contributed by atoms with van der Waals surface area (Å²) in [5.41, 5.74) is 9.44. The Balaban J connectivity index is 0.000000115. The first-order valence-corrected chi connectivity index (χ1v) is 45.5. The number of hydrogen-bond acceptors (Lipinski definition) is 16. The third-order valence-electron chi connectivity index (χ3n) is 23.9. The minimum absolute atomic E-state index is 0.139. The molecule has 133 heavy (non-hydrogen) atoms. The molecule has 652 valence electrons. The van der Waals surface area contributed by atoms with Crippen LogP contribution >= 0.6 is 0 Å². The fourth-order valence-corrected chi connectivity index (χ4v) is 17.4. The zero-order valence-electron chi connectivity index (χ0n) is 74.3. The number of phenols is 4. The smallest absolute Gasteiger partial charge is 0.217 e. The predicted molar refractivity (Wildman–Crippen MR) is 542 cm³/mol. The second-order valence-corrected chi connectivity index (χ2v) is 33.0. The van der Waals surface area contributed by atoms with Crippen molar-refractivity contribution in [1.82, 2.24) is 39.9 Å². The Kier molecular flexibility index (Phi) is 25.4. The summed E-state index contributed by atoms with van der Waals surface area (Å²) < 4.78 is 23.8. The maximum Gasteiger partial charge on any atom is 0.217 e. The topological polar surface area (TPSA) is 221 Å². The molecule has 22 aromatic rings. The van der Waals surface area contributed by atoms with Gasteiger partial charge in [-0.2, -0.15) is 19.9 Å². The number of aromatic nitrogens is 8. The quantitative estimate of drug-likeness (QED) is 0.0266. The summed E-state index contributed by atoms with van der Waals surface area (Å²) in [6, 6.07) is 117. The zero-order chi connectivity index (χ0) is 90.7. The van der Waals surface area contributed by atoms with Crippen molar-refractivity contribution in [2.45, 2.75) is 72.6 Å². The SMILES string of the molecule is CCCCCCOc1cc(-c2ccc3ccc4cccc5ccc2c3c45)nc(-c2ccccc2O)n1.CCCOc1cc(-c2c3ccccc3cc3ccccc23)nc(-c2ccccc2O)n1.CCCOc1cc(-c2cc3c4ccccc4ccc3c3ccccc23)nc(-c2ccccc2O)n1.CCCOc1cc(-c2ccc3cc4ccccc4cc3c2)nc(-c2ccccc2O)n1. The number of benzene rings is 18. The van der Waals surface area contributed by atoms with Gasteiger partial charge in [0.25, 0.3) is 0 Å². The highest BCUT2D eigenvalue weighted by Crippen LogP contribution is 2.45. The molecule has 0 fully saturated rings. The lowest BCUT2D eigenvalue weighted by Crippen LogP contribution is -2.02. The Bertz CT molecular complexity index is 7980. The molecule has 18 aromatic carbocycles. The lowest BCUT2D eigenvalue weighted by molar-refractivity contribution is 0.294. The lowest BCUT2D eigenvalue weighted by Gasteiger charge is -2.15. The molecule has 0 radical (unpaired) electrons. The maximum absolute atomic E-state index is 10.5. The molecule has 0 atom stereocenters. The van der Waals surface area contributed by atoms with Crippen LogP contribution in [0.15, 0.2) is 352 Å². The van der Waals surface area contributed by atoms with Crippen LogP contribution in [0.1, 0.15) is 72.6 Å². The van der Waals surface area contributed by atoms with Gasteiger partial charge in [0.1, 0.15) is 23.0 Å². The van der Waals surface area contributed by atoms with Gasteiger partial charge in [-0.3, -0.25) is 0 Å². The van der Waals surface area contributed by atoms with Gasteiger partial charge in [-0.1, -0.05) is 296 Å². The Morgan fingerprint density at radius 2 is 0.564 bits per heavy atom. The van der Waals surface area contributed by atoms with E-state index < -0.39 is 0 Å². The molecule has 0 spiro atoms. The lowest BCUT2D eigenvalue weighted by atomic mass is 9.91. The van der Waals surface area contributed by atoms with Gasteiger partial charge in [-0.15, -0.1) is 0 Å². The van der Waals surface area contributed by atoms with Gasteiger partial charge in [0.05, 0.1) is 71.5 Å². The Labute approximate surface area is 770 Å². The minimum atomic E-state index is 0.139. The molecular weight excluding hydrogens is 1650 g/mol. The molecule has 0 amide bonds. The molecule has 4 N–H and O–H groups in total. The van der Waals surface area contributed by atoms with Crippen LogP contribution in [-0.4, -0.2) is 86.7 Å². The van der Waals surface area contributed by atoms with Crippen molar-refractivity contribution in [1.29, 1.82) is 0 Å². The molecule has 0 aliphatic rings. The van der Waals surface area contributed by atoms with Gasteiger partial charge >= 0.3 is 0 Å². The Morgan fingerprint density at radius 1 is 0.203 bits per heavy atom. The van der Waals surface area contributed by atoms with E-state index in [4.69, 9.17) is 38.9 Å². The number of phenolic OH excluding ortho intramolecular Hbond substituents is 4. The minimum Gasteiger partial charge on any atom is -0.507 e. The van der Waals surface area contributed by atoms with E-state index >= 15 is 0 Å². The van der Waals surface area contributed by atoms with E-state index in [1.54, 1.807) is 48.5 Å².